The maximum Gasteiger partial charge on any atom is 0.195 e. The summed E-state index contributed by atoms with van der Waals surface area (Å²) in [5, 5.41) is 6.62. The fourth-order valence-electron chi connectivity index (χ4n) is 2.35. The van der Waals surface area contributed by atoms with Gasteiger partial charge in [0.2, 0.25) is 0 Å². The Bertz CT molecular complexity index is 415. The number of hydrogen-bond acceptors (Lipinski definition) is 3. The van der Waals surface area contributed by atoms with E-state index in [2.05, 4.69) is 33.8 Å². The topological polar surface area (TPSA) is 36.4 Å². The van der Waals surface area contributed by atoms with Gasteiger partial charge in [0, 0.05) is 12.2 Å². The highest BCUT2D eigenvalue weighted by atomic mass is 35.5. The van der Waals surface area contributed by atoms with E-state index in [1.165, 1.54) is 36.1 Å². The van der Waals surface area contributed by atoms with Crippen molar-refractivity contribution in [2.24, 2.45) is 4.99 Å². The van der Waals surface area contributed by atoms with Crippen LogP contribution in [0.15, 0.2) is 23.2 Å². The highest BCUT2D eigenvalue weighted by Gasteiger charge is 2.15. The molecule has 1 aliphatic heterocycles. The molecule has 1 aromatic rings. The Labute approximate surface area is 102 Å². The van der Waals surface area contributed by atoms with E-state index in [-0.39, 0.29) is 12.4 Å². The third-order valence-corrected chi connectivity index (χ3v) is 3.07. The van der Waals surface area contributed by atoms with Crippen LogP contribution < -0.4 is 10.6 Å². The summed E-state index contributed by atoms with van der Waals surface area (Å²) >= 11 is 0. The number of benzene rings is 1. The van der Waals surface area contributed by atoms with E-state index >= 15 is 0 Å². The van der Waals surface area contributed by atoms with Crippen molar-refractivity contribution in [3.63, 3.8) is 0 Å². The van der Waals surface area contributed by atoms with Crippen LogP contribution in [-0.4, -0.2) is 19.0 Å². The molecule has 0 atom stereocenters. The lowest BCUT2D eigenvalue weighted by molar-refractivity contribution is 0.912. The smallest absolute Gasteiger partial charge is 0.195 e. The molecule has 0 aromatic heterocycles. The lowest BCUT2D eigenvalue weighted by Gasteiger charge is -2.11. The van der Waals surface area contributed by atoms with Gasteiger partial charge >= 0.3 is 0 Å². The van der Waals surface area contributed by atoms with Crippen molar-refractivity contribution in [3.05, 3.63) is 29.3 Å². The summed E-state index contributed by atoms with van der Waals surface area (Å²) in [4.78, 5) is 4.35. The molecule has 0 unspecified atom stereocenters. The molecule has 16 heavy (non-hydrogen) atoms. The van der Waals surface area contributed by atoms with Gasteiger partial charge in [-0.05, 0) is 36.5 Å². The first-order chi connectivity index (χ1) is 7.43. The summed E-state index contributed by atoms with van der Waals surface area (Å²) in [6, 6.07) is 6.51. The van der Waals surface area contributed by atoms with Crippen LogP contribution in [-0.2, 0) is 12.8 Å². The number of fused-ring (bicyclic) bond motifs is 1. The van der Waals surface area contributed by atoms with Crippen LogP contribution in [0.25, 0.3) is 0 Å². The van der Waals surface area contributed by atoms with Crippen LogP contribution in [0.3, 0.4) is 0 Å². The van der Waals surface area contributed by atoms with Gasteiger partial charge in [-0.15, -0.1) is 12.4 Å². The number of hydrogen-bond donors (Lipinski definition) is 2. The molecule has 3 nitrogen and oxygen atoms in total. The molecule has 4 heteroatoms. The zero-order valence-electron chi connectivity index (χ0n) is 9.12. The minimum atomic E-state index is 0. The number of aliphatic imine (C=N–C) groups is 1. The van der Waals surface area contributed by atoms with Crippen molar-refractivity contribution in [1.29, 1.82) is 0 Å². The predicted molar refractivity (Wildman–Crippen MR) is 69.6 cm³/mol. The summed E-state index contributed by atoms with van der Waals surface area (Å²) in [6.07, 6.45) is 3.71. The molecular weight excluding hydrogens is 222 g/mol. The standard InChI is InChI=1S/C12H15N3.ClH/c1-3-9-4-2-6-11(10(9)5-1)15-12-13-7-8-14-12;/h2,4,6H,1,3,5,7-8H2,(H2,13,14,15);1H. The number of rotatable bonds is 1. The average molecular weight is 238 g/mol. The molecule has 1 aliphatic carbocycles. The fourth-order valence-corrected chi connectivity index (χ4v) is 2.35. The summed E-state index contributed by atoms with van der Waals surface area (Å²) in [5.41, 5.74) is 4.21. The molecule has 0 spiro atoms. The Morgan fingerprint density at radius 2 is 2.19 bits per heavy atom. The largest absolute Gasteiger partial charge is 0.354 e. The predicted octanol–water partition coefficient (Wildman–Crippen LogP) is 1.97. The Hall–Kier alpha value is -1.22. The number of halogens is 1. The highest BCUT2D eigenvalue weighted by Crippen LogP contribution is 2.28. The van der Waals surface area contributed by atoms with Gasteiger partial charge in [0.05, 0.1) is 6.54 Å². The Kier molecular flexibility index (Phi) is 3.34. The molecule has 1 aromatic carbocycles. The third kappa shape index (κ3) is 2.00. The summed E-state index contributed by atoms with van der Waals surface area (Å²) in [7, 11) is 0. The summed E-state index contributed by atoms with van der Waals surface area (Å²) in [6.45, 7) is 1.84. The van der Waals surface area contributed by atoms with Crippen LogP contribution in [0.4, 0.5) is 5.69 Å². The second kappa shape index (κ2) is 4.74. The lowest BCUT2D eigenvalue weighted by Crippen LogP contribution is -2.26. The lowest BCUT2D eigenvalue weighted by atomic mass is 10.1. The minimum absolute atomic E-state index is 0. The number of anilines is 1. The summed E-state index contributed by atoms with van der Waals surface area (Å²) < 4.78 is 0. The van der Waals surface area contributed by atoms with Gasteiger partial charge in [-0.1, -0.05) is 12.1 Å². The van der Waals surface area contributed by atoms with Gasteiger partial charge in [0.15, 0.2) is 5.96 Å². The number of guanidine groups is 1. The van der Waals surface area contributed by atoms with Crippen molar-refractivity contribution in [2.45, 2.75) is 19.3 Å². The summed E-state index contributed by atoms with van der Waals surface area (Å²) in [5.74, 6) is 0.926. The molecular formula is C12H16ClN3. The molecule has 1 heterocycles. The normalized spacial score (nSPS) is 17.1. The van der Waals surface area contributed by atoms with Crippen molar-refractivity contribution in [3.8, 4) is 0 Å². The van der Waals surface area contributed by atoms with Crippen LogP contribution in [0.1, 0.15) is 17.5 Å². The Morgan fingerprint density at radius 1 is 1.25 bits per heavy atom. The van der Waals surface area contributed by atoms with Gasteiger partial charge in [0.25, 0.3) is 0 Å². The molecule has 0 radical (unpaired) electrons. The van der Waals surface area contributed by atoms with E-state index in [0.717, 1.165) is 19.0 Å². The second-order valence-electron chi connectivity index (χ2n) is 4.08. The molecule has 0 saturated heterocycles. The van der Waals surface area contributed by atoms with Crippen LogP contribution in [0, 0.1) is 0 Å². The van der Waals surface area contributed by atoms with Gasteiger partial charge in [-0.2, -0.15) is 0 Å². The van der Waals surface area contributed by atoms with Crippen LogP contribution in [0.2, 0.25) is 0 Å². The molecule has 2 aliphatic rings. The van der Waals surface area contributed by atoms with Gasteiger partial charge < -0.3 is 10.6 Å². The van der Waals surface area contributed by atoms with Crippen molar-refractivity contribution in [2.75, 3.05) is 18.4 Å². The monoisotopic (exact) mass is 237 g/mol. The van der Waals surface area contributed by atoms with Gasteiger partial charge in [0.1, 0.15) is 0 Å². The van der Waals surface area contributed by atoms with Crippen molar-refractivity contribution < 1.29 is 0 Å². The molecule has 0 saturated carbocycles. The van der Waals surface area contributed by atoms with E-state index in [0.29, 0.717) is 0 Å². The van der Waals surface area contributed by atoms with Crippen LogP contribution >= 0.6 is 12.4 Å². The maximum atomic E-state index is 4.35. The molecule has 0 fully saturated rings. The third-order valence-electron chi connectivity index (χ3n) is 3.07. The average Bonchev–Trinajstić information content (AvgIpc) is 2.87. The van der Waals surface area contributed by atoms with Gasteiger partial charge in [-0.25, -0.2) is 0 Å². The number of nitrogens with zero attached hydrogens (tertiary/aromatic N) is 1. The Balaban J connectivity index is 0.000000963. The fraction of sp³-hybridized carbons (Fsp3) is 0.417. The first-order valence-electron chi connectivity index (χ1n) is 5.59. The second-order valence-corrected chi connectivity index (χ2v) is 4.08. The van der Waals surface area contributed by atoms with E-state index < -0.39 is 0 Å². The molecule has 2 N–H and O–H groups in total. The molecule has 0 bridgehead atoms. The number of nitrogens with one attached hydrogen (secondary N) is 2. The Morgan fingerprint density at radius 3 is 3.00 bits per heavy atom. The maximum absolute atomic E-state index is 4.35. The van der Waals surface area contributed by atoms with Crippen LogP contribution in [0.5, 0.6) is 0 Å². The van der Waals surface area contributed by atoms with Gasteiger partial charge in [-0.3, -0.25) is 4.99 Å². The van der Waals surface area contributed by atoms with E-state index in [9.17, 15) is 0 Å². The van der Waals surface area contributed by atoms with Crippen molar-refractivity contribution in [1.82, 2.24) is 5.32 Å². The quantitative estimate of drug-likeness (QED) is 0.784. The molecule has 0 amide bonds. The minimum Gasteiger partial charge on any atom is -0.354 e. The van der Waals surface area contributed by atoms with E-state index in [1.54, 1.807) is 0 Å². The molecule has 86 valence electrons. The SMILES string of the molecule is Cl.c1cc2c(c(NC3=NCCN3)c1)CCC2. The molecule has 3 rings (SSSR count). The first kappa shape index (κ1) is 11.3. The van der Waals surface area contributed by atoms with E-state index in [1.807, 2.05) is 0 Å². The highest BCUT2D eigenvalue weighted by molar-refractivity contribution is 5.95. The zero-order valence-corrected chi connectivity index (χ0v) is 9.94. The zero-order chi connectivity index (χ0) is 10.1. The first-order valence-corrected chi connectivity index (χ1v) is 5.59. The number of aryl methyl sites for hydroxylation is 1. The van der Waals surface area contributed by atoms with E-state index in [4.69, 9.17) is 0 Å². The van der Waals surface area contributed by atoms with Crippen molar-refractivity contribution >= 4 is 24.1 Å².